The summed E-state index contributed by atoms with van der Waals surface area (Å²) >= 11 is 0. The lowest BCUT2D eigenvalue weighted by molar-refractivity contribution is -0.380. The number of carboxylic acids is 1. The number of rotatable bonds is 7. The molecular weight excluding hydrogens is 713 g/mol. The number of alkyl halides is 7. The first-order valence-electron chi connectivity index (χ1n) is 15.2. The third kappa shape index (κ3) is 6.75. The minimum absolute atomic E-state index is 0.0382. The Morgan fingerprint density at radius 1 is 0.885 bits per heavy atom. The van der Waals surface area contributed by atoms with Gasteiger partial charge in [-0.15, -0.1) is 0 Å². The molecule has 272 valence electrons. The molecule has 0 unspecified atom stereocenters. The quantitative estimate of drug-likeness (QED) is 0.173. The van der Waals surface area contributed by atoms with E-state index in [-0.39, 0.29) is 37.7 Å². The molecule has 1 saturated heterocycles. The maximum atomic E-state index is 15.1. The van der Waals surface area contributed by atoms with E-state index in [1.165, 1.54) is 67.7 Å². The first-order chi connectivity index (χ1) is 24.3. The number of nitrogens with zero attached hydrogens (tertiary/aromatic N) is 2. The molecule has 4 aromatic carbocycles. The van der Waals surface area contributed by atoms with Gasteiger partial charge in [0.15, 0.2) is 0 Å². The highest BCUT2D eigenvalue weighted by atomic mass is 19.4. The van der Waals surface area contributed by atoms with Gasteiger partial charge in [-0.25, -0.2) is 13.6 Å². The highest BCUT2D eigenvalue weighted by Gasteiger charge is 2.52. The van der Waals surface area contributed by atoms with Crippen LogP contribution in [0.2, 0.25) is 0 Å². The largest absolute Gasteiger partial charge is 0.480 e. The molecule has 52 heavy (non-hydrogen) atoms. The minimum Gasteiger partial charge on any atom is -0.480 e. The number of para-hydroxylation sites is 1. The zero-order valence-corrected chi connectivity index (χ0v) is 26.5. The van der Waals surface area contributed by atoms with Gasteiger partial charge in [-0.2, -0.15) is 30.7 Å². The smallest absolute Gasteiger partial charge is 0.417 e. The molecule has 0 bridgehead atoms. The van der Waals surface area contributed by atoms with Crippen LogP contribution in [-0.2, 0) is 29.2 Å². The molecule has 2 heterocycles. The van der Waals surface area contributed by atoms with E-state index in [2.05, 4.69) is 4.74 Å². The number of halogens is 9. The van der Waals surface area contributed by atoms with Crippen molar-refractivity contribution in [2.75, 3.05) is 18.0 Å². The molecule has 8 nitrogen and oxygen atoms in total. The molecule has 17 heteroatoms. The molecule has 6 rings (SSSR count). The highest BCUT2D eigenvalue weighted by Crippen LogP contribution is 2.42. The van der Waals surface area contributed by atoms with Gasteiger partial charge < -0.3 is 19.9 Å². The number of hydrogen-bond donors (Lipinski definition) is 2. The lowest BCUT2D eigenvalue weighted by atomic mass is 9.90. The summed E-state index contributed by atoms with van der Waals surface area (Å²) in [4.78, 5) is 39.1. The molecule has 1 fully saturated rings. The molecular formula is C35H24F9N3O5. The number of hydrogen-bond acceptors (Lipinski definition) is 5. The third-order valence-electron chi connectivity index (χ3n) is 8.56. The van der Waals surface area contributed by atoms with Crippen molar-refractivity contribution in [2.45, 2.75) is 30.9 Å². The van der Waals surface area contributed by atoms with Crippen molar-refractivity contribution in [1.29, 1.82) is 0 Å². The van der Waals surface area contributed by atoms with Crippen molar-refractivity contribution in [3.63, 3.8) is 0 Å². The molecule has 1 amide bonds. The predicted octanol–water partition coefficient (Wildman–Crippen LogP) is 7.10. The lowest BCUT2D eigenvalue weighted by Gasteiger charge is -2.38. The number of amides is 1. The van der Waals surface area contributed by atoms with Gasteiger partial charge in [0, 0.05) is 24.5 Å². The van der Waals surface area contributed by atoms with Crippen LogP contribution in [0.5, 0.6) is 0 Å². The van der Waals surface area contributed by atoms with E-state index in [0.717, 1.165) is 4.57 Å². The number of nitrogens with one attached hydrogen (secondary N) is 1. The van der Waals surface area contributed by atoms with Crippen LogP contribution in [0.3, 0.4) is 0 Å². The number of morpholine rings is 1. The number of fused-ring (bicyclic) bond motifs is 2. The number of anilines is 1. The van der Waals surface area contributed by atoms with Crippen molar-refractivity contribution in [2.24, 2.45) is 7.05 Å². The molecule has 5 aromatic rings. The number of carboxylic acid groups (broad SMARTS) is 1. The maximum absolute atomic E-state index is 15.1. The summed E-state index contributed by atoms with van der Waals surface area (Å²) in [6, 6.07) is 12.6. The Hall–Kier alpha value is -5.58. The molecule has 0 radical (unpaired) electrons. The van der Waals surface area contributed by atoms with Gasteiger partial charge in [0.2, 0.25) is 0 Å². The van der Waals surface area contributed by atoms with Crippen LogP contribution in [0.1, 0.15) is 21.5 Å². The highest BCUT2D eigenvalue weighted by molar-refractivity contribution is 6.02. The number of benzene rings is 4. The summed E-state index contributed by atoms with van der Waals surface area (Å²) in [5.41, 5.74) is -4.82. The summed E-state index contributed by atoms with van der Waals surface area (Å²) < 4.78 is 133. The van der Waals surface area contributed by atoms with Crippen LogP contribution in [0.25, 0.3) is 32.8 Å². The summed E-state index contributed by atoms with van der Waals surface area (Å²) in [6.45, 7) is -2.98. The second-order valence-electron chi connectivity index (χ2n) is 12.0. The number of ether oxygens (including phenoxy) is 1. The molecule has 1 aromatic heterocycles. The lowest BCUT2D eigenvalue weighted by Crippen LogP contribution is -2.55. The zero-order chi connectivity index (χ0) is 37.9. The summed E-state index contributed by atoms with van der Waals surface area (Å²) in [5.74, 6) is -6.63. The first-order valence-corrected chi connectivity index (χ1v) is 15.2. The van der Waals surface area contributed by atoms with Crippen LogP contribution in [0, 0.1) is 11.6 Å². The van der Waals surface area contributed by atoms with Gasteiger partial charge in [-0.1, -0.05) is 54.6 Å². The van der Waals surface area contributed by atoms with Gasteiger partial charge >= 0.3 is 24.4 Å². The predicted molar refractivity (Wildman–Crippen MR) is 169 cm³/mol. The number of pyridine rings is 1. The molecule has 0 spiro atoms. The number of carbonyl (C=O) groups is 2. The van der Waals surface area contributed by atoms with Crippen molar-refractivity contribution in [1.82, 2.24) is 9.88 Å². The van der Waals surface area contributed by atoms with Gasteiger partial charge in [-0.3, -0.25) is 14.3 Å². The van der Waals surface area contributed by atoms with E-state index >= 15 is 8.78 Å². The second-order valence-corrected chi connectivity index (χ2v) is 12.0. The van der Waals surface area contributed by atoms with Crippen LogP contribution in [0.4, 0.5) is 45.2 Å². The van der Waals surface area contributed by atoms with E-state index in [0.29, 0.717) is 12.1 Å². The van der Waals surface area contributed by atoms with Crippen molar-refractivity contribution in [3.8, 4) is 11.1 Å². The normalized spacial score (nSPS) is 16.2. The monoisotopic (exact) mass is 737 g/mol. The minimum atomic E-state index is -4.97. The zero-order valence-electron chi connectivity index (χ0n) is 26.5. The SMILES string of the molecule is Cn1c(=O)c(-c2cccc3c(C[C@H](NC(=O)c4c(F)cc(N5CC(F)(F)OC(F)(F)C5)cc4F)C(=O)O)cccc23)c(C(F)(F)F)c2ccccc21. The van der Waals surface area contributed by atoms with Gasteiger partial charge in [-0.05, 0) is 40.1 Å². The molecule has 2 N–H and O–H groups in total. The molecule has 1 atom stereocenters. The summed E-state index contributed by atoms with van der Waals surface area (Å²) in [6.07, 6.45) is -14.3. The Morgan fingerprint density at radius 3 is 2.08 bits per heavy atom. The average Bonchev–Trinajstić information content (AvgIpc) is 3.03. The Morgan fingerprint density at radius 2 is 1.46 bits per heavy atom. The number of aliphatic carboxylic acids is 1. The van der Waals surface area contributed by atoms with Crippen LogP contribution in [-0.4, -0.2) is 52.9 Å². The van der Waals surface area contributed by atoms with Crippen molar-refractivity contribution < 1.29 is 58.9 Å². The Bertz CT molecular complexity index is 2290. The fourth-order valence-electron chi connectivity index (χ4n) is 6.39. The second kappa shape index (κ2) is 12.9. The Labute approximate surface area is 286 Å². The number of aromatic nitrogens is 1. The summed E-state index contributed by atoms with van der Waals surface area (Å²) in [7, 11) is 1.32. The Balaban J connectivity index is 1.35. The summed E-state index contributed by atoms with van der Waals surface area (Å²) in [5, 5.41) is 12.0. The van der Waals surface area contributed by atoms with E-state index < -0.39 is 95.4 Å². The third-order valence-corrected chi connectivity index (χ3v) is 8.56. The maximum Gasteiger partial charge on any atom is 0.417 e. The fourth-order valence-corrected chi connectivity index (χ4v) is 6.39. The Kier molecular flexibility index (Phi) is 8.97. The van der Waals surface area contributed by atoms with Crippen LogP contribution in [0.15, 0.2) is 77.6 Å². The topological polar surface area (TPSA) is 101 Å². The average molecular weight is 738 g/mol. The van der Waals surface area contributed by atoms with E-state index in [1.807, 2.05) is 5.32 Å². The van der Waals surface area contributed by atoms with Gasteiger partial charge in [0.1, 0.15) is 36.3 Å². The fraction of sp³-hybridized carbons (Fsp3) is 0.229. The van der Waals surface area contributed by atoms with E-state index in [1.54, 1.807) is 0 Å². The standard InChI is InChI=1S/C35H24F9N3O5/c1-46-26-11-3-2-7-22(26)29(35(42,43)44)27(31(46)49)21-10-5-8-19-17(6-4-9-20(19)21)12-25(32(50)51)45-30(48)28-23(36)13-18(14-24(28)37)47-15-33(38,39)52-34(40,41)16-47/h2-11,13-14,25H,12,15-16H2,1H3,(H,45,48)(H,50,51)/t25-/m0/s1. The molecule has 0 aliphatic carbocycles. The van der Waals surface area contributed by atoms with Gasteiger partial charge in [0.25, 0.3) is 11.5 Å². The molecule has 0 saturated carbocycles. The molecule has 1 aliphatic heterocycles. The van der Waals surface area contributed by atoms with Crippen LogP contribution < -0.4 is 15.8 Å². The van der Waals surface area contributed by atoms with Crippen molar-refractivity contribution in [3.05, 3.63) is 111 Å². The van der Waals surface area contributed by atoms with Crippen molar-refractivity contribution >= 4 is 39.2 Å². The van der Waals surface area contributed by atoms with E-state index in [9.17, 15) is 50.2 Å². The van der Waals surface area contributed by atoms with Gasteiger partial charge in [0.05, 0.1) is 16.6 Å². The number of carbonyl (C=O) groups excluding carboxylic acids is 1. The van der Waals surface area contributed by atoms with E-state index in [4.69, 9.17) is 0 Å². The van der Waals surface area contributed by atoms with Crippen LogP contribution >= 0.6 is 0 Å². The number of aryl methyl sites for hydroxylation is 1. The molecule has 1 aliphatic rings. The first kappa shape index (κ1) is 36.2.